The van der Waals surface area contributed by atoms with Gasteiger partial charge in [0, 0.05) is 18.1 Å². The third kappa shape index (κ3) is 5.54. The first-order valence-corrected chi connectivity index (χ1v) is 12.8. The number of nitrogens with two attached hydrogens (primary N) is 1. The second kappa shape index (κ2) is 10.7. The van der Waals surface area contributed by atoms with Crippen LogP contribution in [0.2, 0.25) is 0 Å². The molecule has 2 aliphatic rings. The number of thiazole rings is 1. The number of ether oxygens (including phenoxy) is 2. The number of nitrogens with zero attached hydrogens (tertiary/aromatic N) is 3. The van der Waals surface area contributed by atoms with Crippen LogP contribution in [-0.2, 0) is 28.7 Å². The van der Waals surface area contributed by atoms with Gasteiger partial charge < -0.3 is 25.7 Å². The number of hydrogen-bond donors (Lipinski definition) is 3. The number of nitrogens with one attached hydrogen (secondary N) is 1. The Morgan fingerprint density at radius 2 is 2.06 bits per heavy atom. The number of allylic oxidation sites excluding steroid dienone is 2. The molecule has 3 atom stereocenters. The molecule has 0 saturated carbocycles. The molecule has 3 rings (SSSR count). The second-order valence-corrected chi connectivity index (χ2v) is 10.9. The van der Waals surface area contributed by atoms with Crippen molar-refractivity contribution in [3.8, 4) is 0 Å². The SMILES string of the molecule is C/C=C\C1=C(C(=O)OC(C)OC(=O)C(C)(C)C)N2C(=O)C(NC(=O)/C(=N/O)c3csc(N)n3)[C@H]2SC1. The van der Waals surface area contributed by atoms with Crippen LogP contribution >= 0.6 is 23.1 Å². The lowest BCUT2D eigenvalue weighted by atomic mass is 9.97. The Kier molecular flexibility index (Phi) is 8.09. The number of β-lactam (4-membered cyclic amide) rings is 1. The minimum absolute atomic E-state index is 0.00864. The number of amides is 2. The lowest BCUT2D eigenvalue weighted by Gasteiger charge is -2.49. The van der Waals surface area contributed by atoms with Gasteiger partial charge in [-0.15, -0.1) is 23.1 Å². The normalized spacial score (nSPS) is 21.1. The van der Waals surface area contributed by atoms with Crippen molar-refractivity contribution in [3.05, 3.63) is 34.5 Å². The van der Waals surface area contributed by atoms with Gasteiger partial charge in [-0.05, 0) is 33.3 Å². The van der Waals surface area contributed by atoms with Gasteiger partial charge in [-0.2, -0.15) is 0 Å². The average molecular weight is 538 g/mol. The Morgan fingerprint density at radius 1 is 1.36 bits per heavy atom. The minimum Gasteiger partial charge on any atom is -0.425 e. The highest BCUT2D eigenvalue weighted by Gasteiger charge is 2.54. The van der Waals surface area contributed by atoms with E-state index in [1.165, 1.54) is 29.0 Å². The summed E-state index contributed by atoms with van der Waals surface area (Å²) in [6.07, 6.45) is 2.23. The van der Waals surface area contributed by atoms with E-state index in [9.17, 15) is 24.4 Å². The Morgan fingerprint density at radius 3 is 2.61 bits per heavy atom. The van der Waals surface area contributed by atoms with Gasteiger partial charge in [0.1, 0.15) is 22.8 Å². The van der Waals surface area contributed by atoms with Crippen LogP contribution in [0.4, 0.5) is 5.13 Å². The van der Waals surface area contributed by atoms with E-state index >= 15 is 0 Å². The first kappa shape index (κ1) is 27.2. The number of anilines is 1. The Bertz CT molecular complexity index is 1170. The molecule has 36 heavy (non-hydrogen) atoms. The number of fused-ring (bicyclic) bond motifs is 1. The molecule has 194 valence electrons. The quantitative estimate of drug-likeness (QED) is 0.116. The third-order valence-corrected chi connectivity index (χ3v) is 7.06. The maximum Gasteiger partial charge on any atom is 0.358 e. The topological polar surface area (TPSA) is 174 Å². The molecule has 0 spiro atoms. The van der Waals surface area contributed by atoms with E-state index < -0.39 is 52.6 Å². The van der Waals surface area contributed by atoms with Crippen molar-refractivity contribution in [2.75, 3.05) is 11.5 Å². The average Bonchev–Trinajstić information content (AvgIpc) is 3.22. The number of carbonyl (C=O) groups is 4. The van der Waals surface area contributed by atoms with Gasteiger partial charge in [0.05, 0.1) is 5.41 Å². The van der Waals surface area contributed by atoms with Crippen molar-refractivity contribution in [1.29, 1.82) is 0 Å². The van der Waals surface area contributed by atoms with Crippen molar-refractivity contribution >= 4 is 57.7 Å². The summed E-state index contributed by atoms with van der Waals surface area (Å²) in [7, 11) is 0. The van der Waals surface area contributed by atoms with Crippen molar-refractivity contribution in [3.63, 3.8) is 0 Å². The molecule has 0 aromatic carbocycles. The molecule has 2 unspecified atom stereocenters. The first-order valence-electron chi connectivity index (χ1n) is 10.9. The van der Waals surface area contributed by atoms with Crippen LogP contribution in [0.25, 0.3) is 0 Å². The van der Waals surface area contributed by atoms with Crippen molar-refractivity contribution in [1.82, 2.24) is 15.2 Å². The Labute approximate surface area is 215 Å². The summed E-state index contributed by atoms with van der Waals surface area (Å²) in [4.78, 5) is 56.1. The molecule has 1 aromatic heterocycles. The van der Waals surface area contributed by atoms with Gasteiger partial charge in [0.2, 0.25) is 6.29 Å². The molecule has 1 aromatic rings. The highest BCUT2D eigenvalue weighted by Crippen LogP contribution is 2.41. The van der Waals surface area contributed by atoms with Crippen molar-refractivity contribution < 1.29 is 33.9 Å². The van der Waals surface area contributed by atoms with Gasteiger partial charge in [0.15, 0.2) is 10.8 Å². The monoisotopic (exact) mass is 537 g/mol. The van der Waals surface area contributed by atoms with E-state index in [1.807, 2.05) is 0 Å². The third-order valence-electron chi connectivity index (χ3n) is 5.08. The summed E-state index contributed by atoms with van der Waals surface area (Å²) in [6, 6.07) is -0.985. The number of oxime groups is 1. The fourth-order valence-corrected chi connectivity index (χ4v) is 5.20. The van der Waals surface area contributed by atoms with Crippen LogP contribution in [0.1, 0.15) is 40.3 Å². The minimum atomic E-state index is -1.18. The van der Waals surface area contributed by atoms with Crippen molar-refractivity contribution in [2.24, 2.45) is 10.6 Å². The summed E-state index contributed by atoms with van der Waals surface area (Å²) in [5.74, 6) is -2.40. The van der Waals surface area contributed by atoms with Crippen LogP contribution in [-0.4, -0.2) is 68.0 Å². The van der Waals surface area contributed by atoms with Gasteiger partial charge in [-0.3, -0.25) is 19.3 Å². The number of esters is 2. The zero-order valence-corrected chi connectivity index (χ0v) is 21.9. The van der Waals surface area contributed by atoms with E-state index in [0.717, 1.165) is 11.3 Å². The number of hydrogen-bond acceptors (Lipinski definition) is 12. The van der Waals surface area contributed by atoms with Crippen LogP contribution in [0.15, 0.2) is 34.0 Å². The second-order valence-electron chi connectivity index (χ2n) is 8.88. The fourth-order valence-electron chi connectivity index (χ4n) is 3.34. The predicted octanol–water partition coefficient (Wildman–Crippen LogP) is 1.61. The lowest BCUT2D eigenvalue weighted by molar-refractivity contribution is -0.190. The molecule has 3 heterocycles. The summed E-state index contributed by atoms with van der Waals surface area (Å²) < 4.78 is 10.5. The molecule has 0 radical (unpaired) electrons. The molecule has 12 nitrogen and oxygen atoms in total. The first-order chi connectivity index (χ1) is 16.9. The van der Waals surface area contributed by atoms with E-state index in [4.69, 9.17) is 15.2 Å². The number of nitrogen functional groups attached to an aromatic ring is 1. The van der Waals surface area contributed by atoms with Crippen LogP contribution < -0.4 is 11.1 Å². The zero-order valence-electron chi connectivity index (χ0n) is 20.3. The van der Waals surface area contributed by atoms with Crippen LogP contribution in [0, 0.1) is 5.41 Å². The number of aromatic nitrogens is 1. The van der Waals surface area contributed by atoms with Gasteiger partial charge in [0.25, 0.3) is 11.8 Å². The van der Waals surface area contributed by atoms with Crippen LogP contribution in [0.3, 0.4) is 0 Å². The molecular formula is C22H27N5O7S2. The Balaban J connectivity index is 1.76. The Hall–Kier alpha value is -3.39. The zero-order chi connectivity index (χ0) is 26.8. The fraction of sp³-hybridized carbons (Fsp3) is 0.455. The predicted molar refractivity (Wildman–Crippen MR) is 133 cm³/mol. The molecule has 2 amide bonds. The van der Waals surface area contributed by atoms with Gasteiger partial charge in [-0.1, -0.05) is 17.3 Å². The largest absolute Gasteiger partial charge is 0.425 e. The molecule has 0 aliphatic carbocycles. The van der Waals surface area contributed by atoms with E-state index in [-0.39, 0.29) is 16.5 Å². The summed E-state index contributed by atoms with van der Waals surface area (Å²) in [5.41, 5.74) is 5.01. The molecule has 1 saturated heterocycles. The maximum absolute atomic E-state index is 13.1. The summed E-state index contributed by atoms with van der Waals surface area (Å²) in [5, 5.41) is 15.9. The van der Waals surface area contributed by atoms with E-state index in [2.05, 4.69) is 15.5 Å². The van der Waals surface area contributed by atoms with Crippen LogP contribution in [0.5, 0.6) is 0 Å². The number of carbonyl (C=O) groups excluding carboxylic acids is 4. The van der Waals surface area contributed by atoms with E-state index in [0.29, 0.717) is 11.3 Å². The molecule has 2 aliphatic heterocycles. The van der Waals surface area contributed by atoms with Gasteiger partial charge in [-0.25, -0.2) is 9.78 Å². The molecule has 0 bridgehead atoms. The van der Waals surface area contributed by atoms with Gasteiger partial charge >= 0.3 is 11.9 Å². The summed E-state index contributed by atoms with van der Waals surface area (Å²) in [6.45, 7) is 8.19. The summed E-state index contributed by atoms with van der Waals surface area (Å²) >= 11 is 2.40. The standard InChI is InChI=1S/C22H27N5O7S2/c1-6-7-11-8-35-18-14(25-16(28)13(26-32)12-9-36-21(23)24-12)17(29)27(18)15(11)19(30)33-10(2)34-20(31)22(3,4)5/h6-7,9-10,14,18,32H,8H2,1-5H3,(H2,23,24)(H,25,28)/b7-6-,26-13+/t10?,14?,18-/m1/s1. The molecule has 1 fully saturated rings. The number of thioether (sulfide) groups is 1. The smallest absolute Gasteiger partial charge is 0.358 e. The van der Waals surface area contributed by atoms with Crippen molar-refractivity contribution in [2.45, 2.75) is 52.3 Å². The van der Waals surface area contributed by atoms with E-state index in [1.54, 1.807) is 39.8 Å². The highest BCUT2D eigenvalue weighted by atomic mass is 32.2. The molecule has 14 heteroatoms. The maximum atomic E-state index is 13.1. The highest BCUT2D eigenvalue weighted by molar-refractivity contribution is 8.00. The molecule has 4 N–H and O–H groups in total. The molecular weight excluding hydrogens is 510 g/mol. The lowest BCUT2D eigenvalue weighted by Crippen LogP contribution is -2.71. The number of rotatable bonds is 7.